The van der Waals surface area contributed by atoms with Gasteiger partial charge in [0.2, 0.25) is 5.91 Å². The molecule has 2 aromatic carbocycles. The number of carbonyl (C=O) groups is 2. The maximum atomic E-state index is 11.8. The van der Waals surface area contributed by atoms with E-state index in [0.29, 0.717) is 10.6 Å². The maximum absolute atomic E-state index is 11.8. The molecule has 2 rings (SSSR count). The largest absolute Gasteiger partial charge is 0.272 e. The van der Waals surface area contributed by atoms with E-state index in [2.05, 4.69) is 26.8 Å². The van der Waals surface area contributed by atoms with E-state index in [0.717, 1.165) is 14.9 Å². The van der Waals surface area contributed by atoms with Crippen LogP contribution in [-0.2, 0) is 4.79 Å². The van der Waals surface area contributed by atoms with E-state index in [9.17, 15) is 9.59 Å². The van der Waals surface area contributed by atoms with Crippen molar-refractivity contribution in [2.75, 3.05) is 5.75 Å². The zero-order valence-electron chi connectivity index (χ0n) is 12.2. The smallest absolute Gasteiger partial charge is 0.269 e. The molecule has 2 aromatic rings. The van der Waals surface area contributed by atoms with Crippen LogP contribution < -0.4 is 10.9 Å². The molecule has 120 valence electrons. The Balaban J connectivity index is 1.81. The summed E-state index contributed by atoms with van der Waals surface area (Å²) in [6.45, 7) is 1.98. The fraction of sp³-hybridized carbons (Fsp3) is 0.125. The number of nitrogens with one attached hydrogen (secondary N) is 2. The standard InChI is InChI=1S/C16H14BrClN2O2S/c1-10-8-12(17)4-7-14(10)23-9-15(21)19-20-16(22)11-2-5-13(18)6-3-11/h2-8H,9H2,1H3,(H,19,21)(H,20,22). The maximum Gasteiger partial charge on any atom is 0.269 e. The third-order valence-electron chi connectivity index (χ3n) is 2.92. The molecule has 0 bridgehead atoms. The van der Waals surface area contributed by atoms with Crippen molar-refractivity contribution < 1.29 is 9.59 Å². The van der Waals surface area contributed by atoms with Gasteiger partial charge in [0.05, 0.1) is 5.75 Å². The zero-order chi connectivity index (χ0) is 16.8. The molecule has 0 aliphatic rings. The Labute approximate surface area is 152 Å². The molecule has 7 heteroatoms. The number of carbonyl (C=O) groups excluding carboxylic acids is 2. The van der Waals surface area contributed by atoms with Crippen molar-refractivity contribution in [3.8, 4) is 0 Å². The van der Waals surface area contributed by atoms with Crippen LogP contribution in [0.3, 0.4) is 0 Å². The minimum absolute atomic E-state index is 0.212. The Morgan fingerprint density at radius 1 is 1.13 bits per heavy atom. The summed E-state index contributed by atoms with van der Waals surface area (Å²) in [5.41, 5.74) is 6.28. The van der Waals surface area contributed by atoms with Crippen LogP contribution in [0.25, 0.3) is 0 Å². The molecule has 0 saturated carbocycles. The fourth-order valence-electron chi connectivity index (χ4n) is 1.75. The quantitative estimate of drug-likeness (QED) is 0.589. The van der Waals surface area contributed by atoms with Gasteiger partial charge in [-0.15, -0.1) is 11.8 Å². The lowest BCUT2D eigenvalue weighted by Gasteiger charge is -2.08. The van der Waals surface area contributed by atoms with Crippen LogP contribution in [-0.4, -0.2) is 17.6 Å². The van der Waals surface area contributed by atoms with Gasteiger partial charge < -0.3 is 0 Å². The summed E-state index contributed by atoms with van der Waals surface area (Å²) in [5, 5.41) is 0.548. The van der Waals surface area contributed by atoms with E-state index in [1.165, 1.54) is 11.8 Å². The second kappa shape index (κ2) is 8.38. The van der Waals surface area contributed by atoms with Crippen molar-refractivity contribution in [3.63, 3.8) is 0 Å². The molecule has 0 radical (unpaired) electrons. The predicted molar refractivity (Wildman–Crippen MR) is 96.7 cm³/mol. The molecule has 0 unspecified atom stereocenters. The van der Waals surface area contributed by atoms with Crippen LogP contribution in [0.5, 0.6) is 0 Å². The molecule has 0 atom stereocenters. The number of hydrogen-bond donors (Lipinski definition) is 2. The highest BCUT2D eigenvalue weighted by atomic mass is 79.9. The van der Waals surface area contributed by atoms with E-state index < -0.39 is 0 Å². The van der Waals surface area contributed by atoms with Crippen LogP contribution in [0.2, 0.25) is 5.02 Å². The molecule has 23 heavy (non-hydrogen) atoms. The Morgan fingerprint density at radius 2 is 1.83 bits per heavy atom. The molecule has 0 spiro atoms. The summed E-state index contributed by atoms with van der Waals surface area (Å²) in [4.78, 5) is 24.7. The van der Waals surface area contributed by atoms with Gasteiger partial charge in [-0.25, -0.2) is 0 Å². The lowest BCUT2D eigenvalue weighted by Crippen LogP contribution is -2.42. The average Bonchev–Trinajstić information content (AvgIpc) is 2.52. The second-order valence-corrected chi connectivity index (χ2v) is 7.08. The van der Waals surface area contributed by atoms with E-state index in [1.807, 2.05) is 25.1 Å². The fourth-order valence-corrected chi connectivity index (χ4v) is 3.17. The SMILES string of the molecule is Cc1cc(Br)ccc1SCC(=O)NNC(=O)c1ccc(Cl)cc1. The van der Waals surface area contributed by atoms with Crippen molar-refractivity contribution in [2.45, 2.75) is 11.8 Å². The molecular formula is C16H14BrClN2O2S. The molecule has 2 N–H and O–H groups in total. The first kappa shape index (κ1) is 17.8. The molecule has 0 fully saturated rings. The lowest BCUT2D eigenvalue weighted by molar-refractivity contribution is -0.119. The number of halogens is 2. The number of hydrogen-bond acceptors (Lipinski definition) is 3. The van der Waals surface area contributed by atoms with Crippen LogP contribution in [0.1, 0.15) is 15.9 Å². The highest BCUT2D eigenvalue weighted by Gasteiger charge is 2.08. The number of amides is 2. The summed E-state index contributed by atoms with van der Waals surface area (Å²) in [7, 11) is 0. The van der Waals surface area contributed by atoms with Gasteiger partial charge >= 0.3 is 0 Å². The van der Waals surface area contributed by atoms with Gasteiger partial charge in [0.25, 0.3) is 5.91 Å². The molecule has 0 heterocycles. The van der Waals surface area contributed by atoms with Gasteiger partial charge in [-0.2, -0.15) is 0 Å². The van der Waals surface area contributed by atoms with E-state index in [4.69, 9.17) is 11.6 Å². The van der Waals surface area contributed by atoms with Crippen LogP contribution in [0, 0.1) is 6.92 Å². The van der Waals surface area contributed by atoms with E-state index in [-0.39, 0.29) is 17.6 Å². The minimum Gasteiger partial charge on any atom is -0.272 e. The van der Waals surface area contributed by atoms with Crippen molar-refractivity contribution in [2.24, 2.45) is 0 Å². The number of rotatable bonds is 4. The minimum atomic E-state index is -0.389. The van der Waals surface area contributed by atoms with Crippen LogP contribution in [0.4, 0.5) is 0 Å². The van der Waals surface area contributed by atoms with E-state index >= 15 is 0 Å². The Kier molecular flexibility index (Phi) is 6.50. The monoisotopic (exact) mass is 412 g/mol. The Bertz CT molecular complexity index is 723. The lowest BCUT2D eigenvalue weighted by atomic mass is 10.2. The zero-order valence-corrected chi connectivity index (χ0v) is 15.4. The van der Waals surface area contributed by atoms with Gasteiger partial charge in [0.1, 0.15) is 0 Å². The van der Waals surface area contributed by atoms with Crippen molar-refractivity contribution in [3.05, 3.63) is 63.1 Å². The number of thioether (sulfide) groups is 1. The third-order valence-corrected chi connectivity index (χ3v) is 4.84. The molecule has 4 nitrogen and oxygen atoms in total. The third kappa shape index (κ3) is 5.57. The molecule has 0 aliphatic heterocycles. The van der Waals surface area contributed by atoms with Gasteiger partial charge in [0, 0.05) is 20.0 Å². The van der Waals surface area contributed by atoms with Crippen molar-refractivity contribution in [1.29, 1.82) is 0 Å². The molecule has 2 amide bonds. The molecular weight excluding hydrogens is 400 g/mol. The van der Waals surface area contributed by atoms with Gasteiger partial charge in [-0.1, -0.05) is 27.5 Å². The number of aryl methyl sites for hydroxylation is 1. The predicted octanol–water partition coefficient (Wildman–Crippen LogP) is 3.96. The molecule has 0 aliphatic carbocycles. The normalized spacial score (nSPS) is 10.2. The van der Waals surface area contributed by atoms with Crippen molar-refractivity contribution in [1.82, 2.24) is 10.9 Å². The summed E-state index contributed by atoms with van der Waals surface area (Å²) >= 11 is 10.6. The Hall–Kier alpha value is -1.50. The van der Waals surface area contributed by atoms with Crippen LogP contribution in [0.15, 0.2) is 51.8 Å². The second-order valence-electron chi connectivity index (χ2n) is 4.71. The number of hydrazine groups is 1. The first-order valence-corrected chi connectivity index (χ1v) is 8.85. The summed E-state index contributed by atoms with van der Waals surface area (Å²) in [6.07, 6.45) is 0. The summed E-state index contributed by atoms with van der Waals surface area (Å²) in [5.74, 6) is -0.455. The first-order chi connectivity index (χ1) is 11.0. The van der Waals surface area contributed by atoms with Crippen molar-refractivity contribution >= 4 is 51.1 Å². The van der Waals surface area contributed by atoms with Crippen LogP contribution >= 0.6 is 39.3 Å². The number of benzene rings is 2. The van der Waals surface area contributed by atoms with Gasteiger partial charge in [-0.05, 0) is 55.0 Å². The highest BCUT2D eigenvalue weighted by Crippen LogP contribution is 2.24. The average molecular weight is 414 g/mol. The topological polar surface area (TPSA) is 58.2 Å². The summed E-state index contributed by atoms with van der Waals surface area (Å²) < 4.78 is 0.999. The summed E-state index contributed by atoms with van der Waals surface area (Å²) in [6, 6.07) is 12.3. The van der Waals surface area contributed by atoms with E-state index in [1.54, 1.807) is 24.3 Å². The molecule has 0 aromatic heterocycles. The highest BCUT2D eigenvalue weighted by molar-refractivity contribution is 9.10. The first-order valence-electron chi connectivity index (χ1n) is 6.69. The molecule has 0 saturated heterocycles. The Morgan fingerprint density at radius 3 is 2.48 bits per heavy atom. The van der Waals surface area contributed by atoms with Gasteiger partial charge in [-0.3, -0.25) is 20.4 Å². The van der Waals surface area contributed by atoms with Gasteiger partial charge in [0.15, 0.2) is 0 Å².